The summed E-state index contributed by atoms with van der Waals surface area (Å²) in [6.07, 6.45) is 3.62. The lowest BCUT2D eigenvalue weighted by Gasteiger charge is -2.31. The molecule has 1 saturated carbocycles. The molecule has 1 atom stereocenters. The van der Waals surface area contributed by atoms with Crippen LogP contribution in [0.3, 0.4) is 0 Å². The van der Waals surface area contributed by atoms with Crippen molar-refractivity contribution in [2.45, 2.75) is 44.1 Å². The van der Waals surface area contributed by atoms with Gasteiger partial charge in [-0.3, -0.25) is 4.99 Å². The first-order valence-electron chi connectivity index (χ1n) is 7.60. The lowest BCUT2D eigenvalue weighted by molar-refractivity contribution is 0.386. The molecule has 1 unspecified atom stereocenters. The topological polar surface area (TPSA) is 36.4 Å². The van der Waals surface area contributed by atoms with E-state index < -0.39 is 17.0 Å². The van der Waals surface area contributed by atoms with Crippen LogP contribution in [0.1, 0.15) is 38.2 Å². The van der Waals surface area contributed by atoms with Crippen LogP contribution in [0.5, 0.6) is 0 Å². The van der Waals surface area contributed by atoms with Gasteiger partial charge in [-0.05, 0) is 31.9 Å². The molecule has 0 amide bonds. The number of hydrogen-bond acceptors (Lipinski definition) is 3. The standard InChI is InChI=1S/C16H21F2N3/c1-11-9-19-15(21-11)20-10-16(7-2-3-8-16)14-12(17)5-4-6-13(14)18/h4-6,11H,2-3,7-10H2,1H3,(H2,19,20,21). The SMILES string of the molecule is CC1CN=C(NCC2(c3c(F)cccc3F)CCCC2)N1. The fraction of sp³-hybridized carbons (Fsp3) is 0.562. The summed E-state index contributed by atoms with van der Waals surface area (Å²) in [6.45, 7) is 3.31. The molecule has 2 N–H and O–H groups in total. The van der Waals surface area contributed by atoms with Crippen LogP contribution in [0.4, 0.5) is 8.78 Å². The van der Waals surface area contributed by atoms with E-state index in [1.54, 1.807) is 0 Å². The van der Waals surface area contributed by atoms with Gasteiger partial charge in [0.15, 0.2) is 5.96 Å². The minimum atomic E-state index is -0.467. The fourth-order valence-electron chi connectivity index (χ4n) is 3.48. The van der Waals surface area contributed by atoms with Gasteiger partial charge in [-0.15, -0.1) is 0 Å². The Labute approximate surface area is 123 Å². The van der Waals surface area contributed by atoms with Crippen molar-refractivity contribution in [1.82, 2.24) is 10.6 Å². The molecule has 21 heavy (non-hydrogen) atoms. The maximum atomic E-state index is 14.2. The van der Waals surface area contributed by atoms with Gasteiger partial charge in [0.25, 0.3) is 0 Å². The van der Waals surface area contributed by atoms with Crippen LogP contribution in [0.15, 0.2) is 23.2 Å². The smallest absolute Gasteiger partial charge is 0.191 e. The molecular formula is C16H21F2N3. The number of benzene rings is 1. The molecule has 3 rings (SSSR count). The maximum absolute atomic E-state index is 14.2. The Morgan fingerprint density at radius 1 is 1.29 bits per heavy atom. The molecule has 1 fully saturated rings. The van der Waals surface area contributed by atoms with E-state index in [-0.39, 0.29) is 5.56 Å². The molecule has 5 heteroatoms. The summed E-state index contributed by atoms with van der Waals surface area (Å²) in [5, 5.41) is 6.48. The molecule has 1 aromatic carbocycles. The number of nitrogens with one attached hydrogen (secondary N) is 2. The highest BCUT2D eigenvalue weighted by Crippen LogP contribution is 2.42. The van der Waals surface area contributed by atoms with Crippen molar-refractivity contribution in [1.29, 1.82) is 0 Å². The Morgan fingerprint density at radius 3 is 2.52 bits per heavy atom. The van der Waals surface area contributed by atoms with Gasteiger partial charge in [0.05, 0.1) is 6.54 Å². The molecule has 114 valence electrons. The van der Waals surface area contributed by atoms with Crippen LogP contribution in [-0.4, -0.2) is 25.1 Å². The van der Waals surface area contributed by atoms with Crippen LogP contribution in [0.25, 0.3) is 0 Å². The number of halogens is 2. The number of rotatable bonds is 3. The minimum Gasteiger partial charge on any atom is -0.356 e. The van der Waals surface area contributed by atoms with E-state index in [2.05, 4.69) is 22.5 Å². The highest BCUT2D eigenvalue weighted by atomic mass is 19.1. The van der Waals surface area contributed by atoms with Gasteiger partial charge in [0.2, 0.25) is 0 Å². The Morgan fingerprint density at radius 2 is 1.95 bits per heavy atom. The number of nitrogens with zero attached hydrogens (tertiary/aromatic N) is 1. The minimum absolute atomic E-state index is 0.238. The van der Waals surface area contributed by atoms with Crippen molar-refractivity contribution < 1.29 is 8.78 Å². The zero-order valence-electron chi connectivity index (χ0n) is 12.3. The lowest BCUT2D eigenvalue weighted by atomic mass is 9.78. The van der Waals surface area contributed by atoms with Gasteiger partial charge in [-0.25, -0.2) is 8.78 Å². The second-order valence-corrected chi connectivity index (χ2v) is 6.17. The predicted octanol–water partition coefficient (Wildman–Crippen LogP) is 2.71. The van der Waals surface area contributed by atoms with Crippen molar-refractivity contribution in [2.24, 2.45) is 4.99 Å². The Bertz CT molecular complexity index is 530. The normalized spacial score (nSPS) is 23.8. The van der Waals surface area contributed by atoms with Gasteiger partial charge in [0, 0.05) is 23.6 Å². The molecular weight excluding hydrogens is 272 g/mol. The van der Waals surface area contributed by atoms with Gasteiger partial charge in [-0.2, -0.15) is 0 Å². The first-order valence-corrected chi connectivity index (χ1v) is 7.60. The Hall–Kier alpha value is -1.65. The number of guanidine groups is 1. The second-order valence-electron chi connectivity index (χ2n) is 6.17. The Kier molecular flexibility index (Phi) is 3.83. The summed E-state index contributed by atoms with van der Waals surface area (Å²) < 4.78 is 28.4. The molecule has 1 aliphatic heterocycles. The molecule has 0 saturated heterocycles. The van der Waals surface area contributed by atoms with E-state index in [1.165, 1.54) is 18.2 Å². The summed E-state index contributed by atoms with van der Waals surface area (Å²) in [7, 11) is 0. The van der Waals surface area contributed by atoms with Crippen LogP contribution in [0.2, 0.25) is 0 Å². The first-order chi connectivity index (χ1) is 10.1. The number of aliphatic imine (C=N–C) groups is 1. The third-order valence-corrected chi connectivity index (χ3v) is 4.55. The van der Waals surface area contributed by atoms with Crippen molar-refractivity contribution >= 4 is 5.96 Å². The van der Waals surface area contributed by atoms with Gasteiger partial charge >= 0.3 is 0 Å². The van der Waals surface area contributed by atoms with E-state index in [9.17, 15) is 8.78 Å². The third kappa shape index (κ3) is 2.74. The van der Waals surface area contributed by atoms with Crippen molar-refractivity contribution in [3.05, 3.63) is 35.4 Å². The van der Waals surface area contributed by atoms with Crippen LogP contribution in [-0.2, 0) is 5.41 Å². The molecule has 1 aliphatic carbocycles. The van der Waals surface area contributed by atoms with Crippen molar-refractivity contribution in [3.8, 4) is 0 Å². The van der Waals surface area contributed by atoms with Crippen LogP contribution in [0, 0.1) is 11.6 Å². The average Bonchev–Trinajstić information content (AvgIpc) is 3.06. The fourth-order valence-corrected chi connectivity index (χ4v) is 3.48. The Balaban J connectivity index is 1.83. The molecule has 0 aromatic heterocycles. The van der Waals surface area contributed by atoms with Gasteiger partial charge in [-0.1, -0.05) is 18.9 Å². The summed E-state index contributed by atoms with van der Waals surface area (Å²) in [6, 6.07) is 4.45. The molecule has 2 aliphatic rings. The largest absolute Gasteiger partial charge is 0.356 e. The molecule has 1 aromatic rings. The number of hydrogen-bond donors (Lipinski definition) is 2. The maximum Gasteiger partial charge on any atom is 0.191 e. The van der Waals surface area contributed by atoms with E-state index in [4.69, 9.17) is 0 Å². The summed E-state index contributed by atoms with van der Waals surface area (Å²) in [5.41, 5.74) is -0.229. The van der Waals surface area contributed by atoms with E-state index >= 15 is 0 Å². The lowest BCUT2D eigenvalue weighted by Crippen LogP contribution is -2.45. The highest BCUT2D eigenvalue weighted by molar-refractivity contribution is 5.81. The summed E-state index contributed by atoms with van der Waals surface area (Å²) >= 11 is 0. The van der Waals surface area contributed by atoms with Crippen LogP contribution < -0.4 is 10.6 Å². The first kappa shape index (κ1) is 14.3. The van der Waals surface area contributed by atoms with Crippen molar-refractivity contribution in [2.75, 3.05) is 13.1 Å². The zero-order chi connectivity index (χ0) is 14.9. The molecule has 3 nitrogen and oxygen atoms in total. The average molecular weight is 293 g/mol. The highest BCUT2D eigenvalue weighted by Gasteiger charge is 2.40. The molecule has 0 radical (unpaired) electrons. The quantitative estimate of drug-likeness (QED) is 0.899. The van der Waals surface area contributed by atoms with Crippen molar-refractivity contribution in [3.63, 3.8) is 0 Å². The van der Waals surface area contributed by atoms with Crippen LogP contribution >= 0.6 is 0 Å². The second kappa shape index (κ2) is 5.62. The van der Waals surface area contributed by atoms with Gasteiger partial charge in [0.1, 0.15) is 11.6 Å². The zero-order valence-corrected chi connectivity index (χ0v) is 12.3. The molecule has 0 bridgehead atoms. The molecule has 1 heterocycles. The van der Waals surface area contributed by atoms with E-state index in [1.807, 2.05) is 0 Å². The molecule has 0 spiro atoms. The third-order valence-electron chi connectivity index (χ3n) is 4.55. The predicted molar refractivity (Wildman–Crippen MR) is 79.4 cm³/mol. The van der Waals surface area contributed by atoms with E-state index in [0.717, 1.165) is 38.2 Å². The van der Waals surface area contributed by atoms with E-state index in [0.29, 0.717) is 12.6 Å². The monoisotopic (exact) mass is 293 g/mol. The summed E-state index contributed by atoms with van der Waals surface area (Å²) in [5.74, 6) is -0.132. The van der Waals surface area contributed by atoms with Gasteiger partial charge < -0.3 is 10.6 Å². The summed E-state index contributed by atoms with van der Waals surface area (Å²) in [4.78, 5) is 4.35.